The fourth-order valence-electron chi connectivity index (χ4n) is 11.5. The Morgan fingerprint density at radius 1 is 0.951 bits per heavy atom. The first-order valence-electron chi connectivity index (χ1n) is 16.1. The topological polar surface area (TPSA) is 55.7 Å². The van der Waals surface area contributed by atoms with E-state index in [0.717, 1.165) is 37.0 Å². The van der Waals surface area contributed by atoms with Crippen LogP contribution in [-0.2, 0) is 9.53 Å². The lowest BCUT2D eigenvalue weighted by atomic mass is 9.37. The van der Waals surface area contributed by atoms with E-state index in [9.17, 15) is 9.59 Å². The maximum Gasteiger partial charge on any atom is 0.337 e. The molecule has 8 atom stereocenters. The highest BCUT2D eigenvalue weighted by Gasteiger charge is 2.65. The van der Waals surface area contributed by atoms with E-state index >= 15 is 0 Å². The van der Waals surface area contributed by atoms with E-state index in [1.165, 1.54) is 63.2 Å². The van der Waals surface area contributed by atoms with Gasteiger partial charge in [-0.05, 0) is 134 Å². The molecule has 0 aliphatic heterocycles. The second kappa shape index (κ2) is 11.0. The van der Waals surface area contributed by atoms with Crippen molar-refractivity contribution in [2.75, 3.05) is 7.11 Å². The lowest BCUT2D eigenvalue weighted by Crippen LogP contribution is -2.61. The van der Waals surface area contributed by atoms with E-state index in [4.69, 9.17) is 4.74 Å². The Bertz CT molecular complexity index is 1240. The Morgan fingerprint density at radius 2 is 1.66 bits per heavy atom. The number of hydrogen-bond donors (Lipinski definition) is 0. The standard InChI is InChI=1S/C34H45NO3.C3H6/c1-31(2)25(22-8-10-23(11-9-22)30(37)38-5)14-18-33(4)28(31)16-19-32(3)26-15-20-34(35-21-36)17-6-7-27(34)24(26)12-13-29(32)33;1-3-2/h8-11,14,24,26-29H,6-7,12-13,15-20H2,1-5H3;3H,1H2,2H3. The third-order valence-electron chi connectivity index (χ3n) is 12.9. The molecule has 0 aromatic heterocycles. The van der Waals surface area contributed by atoms with E-state index in [-0.39, 0.29) is 16.9 Å². The number of nitrogens with zero attached hydrogens (tertiary/aromatic N) is 1. The van der Waals surface area contributed by atoms with Crippen LogP contribution in [0.2, 0.25) is 0 Å². The van der Waals surface area contributed by atoms with Gasteiger partial charge in [-0.2, -0.15) is 4.99 Å². The minimum absolute atomic E-state index is 0.0732. The smallest absolute Gasteiger partial charge is 0.337 e. The highest BCUT2D eigenvalue weighted by molar-refractivity contribution is 5.89. The number of fused-ring (bicyclic) bond motifs is 7. The molecule has 0 spiro atoms. The van der Waals surface area contributed by atoms with Crippen molar-refractivity contribution in [3.8, 4) is 0 Å². The summed E-state index contributed by atoms with van der Waals surface area (Å²) in [6.45, 7) is 15.5. The van der Waals surface area contributed by atoms with Gasteiger partial charge in [0, 0.05) is 0 Å². The molecule has 0 heterocycles. The lowest BCUT2D eigenvalue weighted by Gasteiger charge is -2.68. The highest BCUT2D eigenvalue weighted by atomic mass is 16.5. The monoisotopic (exact) mass is 557 g/mol. The highest BCUT2D eigenvalue weighted by Crippen LogP contribution is 2.72. The first-order valence-corrected chi connectivity index (χ1v) is 16.1. The van der Waals surface area contributed by atoms with Crippen LogP contribution in [0.25, 0.3) is 5.57 Å². The summed E-state index contributed by atoms with van der Waals surface area (Å²) in [5.74, 6) is 3.17. The largest absolute Gasteiger partial charge is 0.465 e. The zero-order valence-corrected chi connectivity index (χ0v) is 26.3. The van der Waals surface area contributed by atoms with Gasteiger partial charge in [-0.1, -0.05) is 58.4 Å². The summed E-state index contributed by atoms with van der Waals surface area (Å²) in [5, 5.41) is 0. The lowest BCUT2D eigenvalue weighted by molar-refractivity contribution is -0.170. The van der Waals surface area contributed by atoms with Gasteiger partial charge in [0.25, 0.3) is 0 Å². The van der Waals surface area contributed by atoms with E-state index in [0.29, 0.717) is 28.2 Å². The van der Waals surface area contributed by atoms with Crippen molar-refractivity contribution in [2.45, 2.75) is 104 Å². The number of rotatable bonds is 3. The first kappa shape index (κ1) is 30.0. The molecule has 8 unspecified atom stereocenters. The molecular weight excluding hydrogens is 506 g/mol. The molecule has 1 aromatic carbocycles. The van der Waals surface area contributed by atoms with Crippen LogP contribution in [0.5, 0.6) is 0 Å². The van der Waals surface area contributed by atoms with Gasteiger partial charge in [0.05, 0.1) is 18.2 Å². The van der Waals surface area contributed by atoms with E-state index in [1.54, 1.807) is 6.08 Å². The average Bonchev–Trinajstić information content (AvgIpc) is 3.37. The number of carbonyl (C=O) groups excluding carboxylic acids is 2. The van der Waals surface area contributed by atoms with Gasteiger partial charge < -0.3 is 4.74 Å². The van der Waals surface area contributed by atoms with Gasteiger partial charge >= 0.3 is 5.97 Å². The Morgan fingerprint density at radius 3 is 2.32 bits per heavy atom. The number of aliphatic imine (C=N–C) groups is 1. The van der Waals surface area contributed by atoms with Crippen molar-refractivity contribution in [1.29, 1.82) is 0 Å². The zero-order valence-electron chi connectivity index (χ0n) is 26.3. The van der Waals surface area contributed by atoms with Crippen LogP contribution in [0.1, 0.15) is 115 Å². The van der Waals surface area contributed by atoms with E-state index in [1.807, 2.05) is 25.1 Å². The minimum atomic E-state index is -0.279. The van der Waals surface area contributed by atoms with Crippen molar-refractivity contribution >= 4 is 17.6 Å². The van der Waals surface area contributed by atoms with Gasteiger partial charge in [0.1, 0.15) is 0 Å². The van der Waals surface area contributed by atoms with Crippen molar-refractivity contribution in [3.05, 3.63) is 54.1 Å². The SMILES string of the molecule is C=CC.COC(=O)c1ccc(C2=CCC3(C)C(CCC4(C)C5CCC6(N=C=O)CCCC6C5CCC43)C2(C)C)cc1. The fraction of sp³-hybridized carbons (Fsp3) is 0.676. The summed E-state index contributed by atoms with van der Waals surface area (Å²) in [6.07, 6.45) is 18.5. The van der Waals surface area contributed by atoms with Crippen LogP contribution in [0.4, 0.5) is 0 Å². The molecule has 41 heavy (non-hydrogen) atoms. The number of benzene rings is 1. The van der Waals surface area contributed by atoms with Crippen molar-refractivity contribution in [1.82, 2.24) is 0 Å². The van der Waals surface area contributed by atoms with Gasteiger partial charge in [0.15, 0.2) is 0 Å². The van der Waals surface area contributed by atoms with Crippen LogP contribution in [0, 0.1) is 45.8 Å². The predicted molar refractivity (Wildman–Crippen MR) is 166 cm³/mol. The van der Waals surface area contributed by atoms with Crippen LogP contribution in [-0.4, -0.2) is 24.7 Å². The first-order chi connectivity index (χ1) is 19.5. The molecule has 4 saturated carbocycles. The summed E-state index contributed by atoms with van der Waals surface area (Å²) in [7, 11) is 1.44. The number of allylic oxidation sites excluding steroid dienone is 3. The molecule has 0 radical (unpaired) electrons. The number of methoxy groups -OCH3 is 1. The van der Waals surface area contributed by atoms with Crippen LogP contribution in [0.3, 0.4) is 0 Å². The van der Waals surface area contributed by atoms with E-state index in [2.05, 4.69) is 57.5 Å². The van der Waals surface area contributed by atoms with Crippen LogP contribution < -0.4 is 0 Å². The molecule has 222 valence electrons. The number of isocyanates is 1. The summed E-state index contributed by atoms with van der Waals surface area (Å²) >= 11 is 0. The maximum absolute atomic E-state index is 12.0. The number of carbonyl (C=O) groups is 1. The Balaban J connectivity index is 0.00000108. The predicted octanol–water partition coefficient (Wildman–Crippen LogP) is 9.21. The molecule has 5 aliphatic carbocycles. The molecule has 0 saturated heterocycles. The third kappa shape index (κ3) is 4.60. The third-order valence-corrected chi connectivity index (χ3v) is 12.9. The fourth-order valence-corrected chi connectivity index (χ4v) is 11.5. The number of hydrogen-bond acceptors (Lipinski definition) is 4. The second-order valence-corrected chi connectivity index (χ2v) is 14.9. The van der Waals surface area contributed by atoms with Crippen LogP contribution in [0.15, 0.2) is 48.0 Å². The summed E-state index contributed by atoms with van der Waals surface area (Å²) in [5.41, 5.74) is 3.93. The molecule has 4 nitrogen and oxygen atoms in total. The molecular formula is C37H51NO3. The number of esters is 1. The van der Waals surface area contributed by atoms with Crippen molar-refractivity contribution in [3.63, 3.8) is 0 Å². The van der Waals surface area contributed by atoms with Gasteiger partial charge in [-0.3, -0.25) is 0 Å². The number of ether oxygens (including phenoxy) is 1. The maximum atomic E-state index is 12.0. The second-order valence-electron chi connectivity index (χ2n) is 14.9. The molecule has 0 N–H and O–H groups in total. The summed E-state index contributed by atoms with van der Waals surface area (Å²) in [4.78, 5) is 27.9. The van der Waals surface area contributed by atoms with Crippen molar-refractivity contribution in [2.24, 2.45) is 50.8 Å². The van der Waals surface area contributed by atoms with Crippen LogP contribution >= 0.6 is 0 Å². The quantitative estimate of drug-likeness (QED) is 0.161. The molecule has 4 fully saturated rings. The summed E-state index contributed by atoms with van der Waals surface area (Å²) < 4.78 is 4.91. The molecule has 5 aliphatic rings. The molecule has 0 amide bonds. The zero-order chi connectivity index (χ0) is 29.6. The minimum Gasteiger partial charge on any atom is -0.465 e. The normalized spacial score (nSPS) is 40.0. The average molecular weight is 558 g/mol. The molecule has 6 rings (SSSR count). The van der Waals surface area contributed by atoms with E-state index < -0.39 is 0 Å². The molecule has 4 heteroatoms. The Hall–Kier alpha value is -2.45. The van der Waals surface area contributed by atoms with Gasteiger partial charge in [0.2, 0.25) is 6.08 Å². The Labute approximate surface area is 248 Å². The summed E-state index contributed by atoms with van der Waals surface area (Å²) in [6, 6.07) is 8.04. The van der Waals surface area contributed by atoms with Gasteiger partial charge in [-0.15, -0.1) is 6.58 Å². The Kier molecular flexibility index (Phi) is 8.05. The molecule has 0 bridgehead atoms. The van der Waals surface area contributed by atoms with Crippen molar-refractivity contribution < 1.29 is 14.3 Å². The van der Waals surface area contributed by atoms with Gasteiger partial charge in [-0.25, -0.2) is 9.59 Å². The molecule has 1 aromatic rings.